The van der Waals surface area contributed by atoms with Crippen molar-refractivity contribution in [3.05, 3.63) is 0 Å². The van der Waals surface area contributed by atoms with Crippen LogP contribution in [0.15, 0.2) is 5.16 Å². The molecule has 0 bridgehead atoms. The van der Waals surface area contributed by atoms with Gasteiger partial charge >= 0.3 is 6.18 Å². The number of aromatic nitrogens is 3. The van der Waals surface area contributed by atoms with Gasteiger partial charge < -0.3 is 11.1 Å². The molecule has 10 heteroatoms. The number of thioether (sulfide) groups is 1. The van der Waals surface area contributed by atoms with E-state index in [0.29, 0.717) is 5.16 Å². The molecule has 108 valence electrons. The molecule has 0 radical (unpaired) electrons. The predicted molar refractivity (Wildman–Crippen MR) is 64.6 cm³/mol. The Morgan fingerprint density at radius 3 is 2.63 bits per heavy atom. The summed E-state index contributed by atoms with van der Waals surface area (Å²) in [4.78, 5) is 11.2. The summed E-state index contributed by atoms with van der Waals surface area (Å²) in [6.45, 7) is 2.37. The Bertz CT molecular complexity index is 446. The number of carbonyl (C=O) groups is 1. The zero-order valence-electron chi connectivity index (χ0n) is 10.4. The van der Waals surface area contributed by atoms with Crippen molar-refractivity contribution in [2.45, 2.75) is 31.2 Å². The van der Waals surface area contributed by atoms with Gasteiger partial charge in [0.2, 0.25) is 11.9 Å². The van der Waals surface area contributed by atoms with Gasteiger partial charge in [-0.2, -0.15) is 13.2 Å². The normalized spacial score (nSPS) is 11.9. The summed E-state index contributed by atoms with van der Waals surface area (Å²) in [5.74, 6) is -0.701. The van der Waals surface area contributed by atoms with Gasteiger partial charge in [0.25, 0.3) is 0 Å². The quantitative estimate of drug-likeness (QED) is 0.798. The van der Waals surface area contributed by atoms with Gasteiger partial charge in [-0.05, 0) is 13.8 Å². The number of nitrogen functional groups attached to an aromatic ring is 1. The van der Waals surface area contributed by atoms with Gasteiger partial charge in [-0.1, -0.05) is 11.8 Å². The van der Waals surface area contributed by atoms with Crippen molar-refractivity contribution in [1.29, 1.82) is 0 Å². The van der Waals surface area contributed by atoms with E-state index >= 15 is 0 Å². The highest BCUT2D eigenvalue weighted by Crippen LogP contribution is 2.22. The molecule has 1 aromatic rings. The minimum atomic E-state index is -4.41. The molecule has 6 nitrogen and oxygen atoms in total. The number of nitrogens with zero attached hydrogens (tertiary/aromatic N) is 3. The summed E-state index contributed by atoms with van der Waals surface area (Å²) in [5, 5.41) is 9.60. The number of rotatable bonds is 5. The number of nitrogens with one attached hydrogen (secondary N) is 1. The fraction of sp³-hybridized carbons (Fsp3) is 0.667. The van der Waals surface area contributed by atoms with E-state index in [9.17, 15) is 18.0 Å². The Kier molecular flexibility index (Phi) is 5.04. The van der Waals surface area contributed by atoms with Crippen LogP contribution in [0.3, 0.4) is 0 Å². The first kappa shape index (κ1) is 15.6. The second kappa shape index (κ2) is 6.13. The first-order chi connectivity index (χ1) is 8.70. The lowest BCUT2D eigenvalue weighted by molar-refractivity contribution is -0.136. The number of hydrogen-bond acceptors (Lipinski definition) is 5. The summed E-state index contributed by atoms with van der Waals surface area (Å²) < 4.78 is 37.3. The molecule has 0 unspecified atom stereocenters. The molecule has 0 saturated carbocycles. The summed E-state index contributed by atoms with van der Waals surface area (Å²) in [5.41, 5.74) is 5.59. The largest absolute Gasteiger partial charge is 0.405 e. The van der Waals surface area contributed by atoms with Crippen molar-refractivity contribution in [3.63, 3.8) is 0 Å². The fourth-order valence-electron chi connectivity index (χ4n) is 1.25. The smallest absolute Gasteiger partial charge is 0.368 e. The maximum absolute atomic E-state index is 11.9. The molecule has 1 heterocycles. The van der Waals surface area contributed by atoms with Gasteiger partial charge in [-0.15, -0.1) is 10.2 Å². The van der Waals surface area contributed by atoms with Crippen molar-refractivity contribution in [2.75, 3.05) is 18.0 Å². The lowest BCUT2D eigenvalue weighted by Gasteiger charge is -2.11. The molecular formula is C9H14F3N5OS. The highest BCUT2D eigenvalue weighted by Gasteiger charge is 2.27. The Morgan fingerprint density at radius 2 is 2.11 bits per heavy atom. The summed E-state index contributed by atoms with van der Waals surface area (Å²) in [7, 11) is 0. The number of alkyl halides is 3. The van der Waals surface area contributed by atoms with Crippen molar-refractivity contribution in [2.24, 2.45) is 0 Å². The predicted octanol–water partition coefficient (Wildman–Crippen LogP) is 1.21. The second-order valence-corrected chi connectivity index (χ2v) is 4.93. The van der Waals surface area contributed by atoms with Crippen LogP contribution in [0, 0.1) is 0 Å². The molecule has 0 saturated heterocycles. The molecule has 0 aliphatic carbocycles. The molecule has 1 rings (SSSR count). The van der Waals surface area contributed by atoms with E-state index in [1.807, 2.05) is 13.8 Å². The number of amides is 1. The highest BCUT2D eigenvalue weighted by molar-refractivity contribution is 7.99. The molecule has 0 aliphatic rings. The van der Waals surface area contributed by atoms with Crippen molar-refractivity contribution < 1.29 is 18.0 Å². The maximum Gasteiger partial charge on any atom is 0.405 e. The summed E-state index contributed by atoms with van der Waals surface area (Å²) in [6.07, 6.45) is -4.41. The molecule has 0 fully saturated rings. The van der Waals surface area contributed by atoms with Crippen molar-refractivity contribution in [1.82, 2.24) is 20.1 Å². The van der Waals surface area contributed by atoms with E-state index in [1.165, 1.54) is 0 Å². The fourth-order valence-corrected chi connectivity index (χ4v) is 2.16. The molecule has 0 spiro atoms. The monoisotopic (exact) mass is 297 g/mol. The Balaban J connectivity index is 2.51. The first-order valence-corrected chi connectivity index (χ1v) is 6.36. The third-order valence-electron chi connectivity index (χ3n) is 2.03. The SMILES string of the molecule is CC(C)n1c(N)nnc1SCC(=O)NCC(F)(F)F. The van der Waals surface area contributed by atoms with Gasteiger partial charge in [-0.25, -0.2) is 0 Å². The minimum absolute atomic E-state index is 0.00395. The van der Waals surface area contributed by atoms with E-state index < -0.39 is 18.6 Å². The Morgan fingerprint density at radius 1 is 1.47 bits per heavy atom. The van der Waals surface area contributed by atoms with E-state index in [2.05, 4.69) is 10.2 Å². The summed E-state index contributed by atoms with van der Waals surface area (Å²) in [6, 6.07) is -0.00395. The number of nitrogens with two attached hydrogens (primary N) is 1. The maximum atomic E-state index is 11.9. The van der Waals surface area contributed by atoms with Crippen LogP contribution in [0.5, 0.6) is 0 Å². The van der Waals surface area contributed by atoms with Crippen LogP contribution in [0.4, 0.5) is 19.1 Å². The summed E-state index contributed by atoms with van der Waals surface area (Å²) >= 11 is 0.985. The van der Waals surface area contributed by atoms with Crippen LogP contribution in [-0.2, 0) is 4.79 Å². The van der Waals surface area contributed by atoms with E-state index in [0.717, 1.165) is 11.8 Å². The Labute approximate surface area is 111 Å². The van der Waals surface area contributed by atoms with Gasteiger partial charge in [0.05, 0.1) is 5.75 Å². The lowest BCUT2D eigenvalue weighted by Crippen LogP contribution is -2.34. The van der Waals surface area contributed by atoms with Gasteiger partial charge in [-0.3, -0.25) is 9.36 Å². The molecule has 3 N–H and O–H groups in total. The molecule has 0 aliphatic heterocycles. The van der Waals surface area contributed by atoms with Crippen LogP contribution in [0.2, 0.25) is 0 Å². The highest BCUT2D eigenvalue weighted by atomic mass is 32.2. The molecule has 0 atom stereocenters. The van der Waals surface area contributed by atoms with Crippen LogP contribution in [0.25, 0.3) is 0 Å². The molecular weight excluding hydrogens is 283 g/mol. The third-order valence-corrected chi connectivity index (χ3v) is 2.97. The van der Waals surface area contributed by atoms with Gasteiger partial charge in [0.15, 0.2) is 5.16 Å². The van der Waals surface area contributed by atoms with Gasteiger partial charge in [0.1, 0.15) is 6.54 Å². The molecule has 19 heavy (non-hydrogen) atoms. The topological polar surface area (TPSA) is 85.8 Å². The first-order valence-electron chi connectivity index (χ1n) is 5.37. The molecule has 0 aromatic carbocycles. The zero-order chi connectivity index (χ0) is 14.6. The second-order valence-electron chi connectivity index (χ2n) is 3.99. The van der Waals surface area contributed by atoms with Gasteiger partial charge in [0, 0.05) is 6.04 Å². The van der Waals surface area contributed by atoms with E-state index in [4.69, 9.17) is 5.73 Å². The molecule has 1 amide bonds. The lowest BCUT2D eigenvalue weighted by atomic mass is 10.4. The molecule has 1 aromatic heterocycles. The van der Waals surface area contributed by atoms with E-state index in [1.54, 1.807) is 9.88 Å². The Hall–Kier alpha value is -1.45. The third kappa shape index (κ3) is 4.97. The average molecular weight is 297 g/mol. The van der Waals surface area contributed by atoms with Crippen molar-refractivity contribution >= 4 is 23.6 Å². The standard InChI is InChI=1S/C9H14F3N5OS/c1-5(2)17-7(13)15-16-8(17)19-3-6(18)14-4-9(10,11)12/h5H,3-4H2,1-2H3,(H2,13,15)(H,14,18). The van der Waals surface area contributed by atoms with E-state index in [-0.39, 0.29) is 17.7 Å². The van der Waals surface area contributed by atoms with Crippen LogP contribution in [-0.4, -0.2) is 39.1 Å². The zero-order valence-corrected chi connectivity index (χ0v) is 11.2. The van der Waals surface area contributed by atoms with Crippen LogP contribution in [0.1, 0.15) is 19.9 Å². The number of halogens is 3. The van der Waals surface area contributed by atoms with Crippen LogP contribution < -0.4 is 11.1 Å². The van der Waals surface area contributed by atoms with Crippen molar-refractivity contribution in [3.8, 4) is 0 Å². The average Bonchev–Trinajstić information content (AvgIpc) is 2.64. The number of hydrogen-bond donors (Lipinski definition) is 2. The van der Waals surface area contributed by atoms with Crippen LogP contribution >= 0.6 is 11.8 Å². The number of anilines is 1. The number of carbonyl (C=O) groups excluding carboxylic acids is 1. The minimum Gasteiger partial charge on any atom is -0.368 e.